The molecule has 11 heteroatoms. The molecule has 11 nitrogen and oxygen atoms in total. The average molecular weight is 553 g/mol. The number of hydrogen-bond acceptors (Lipinski definition) is 11. The maximum absolute atomic E-state index is 12.5. The minimum Gasteiger partial charge on any atom is -0.459 e. The fraction of sp³-hybridized carbons (Fsp3) is 0.393. The highest BCUT2D eigenvalue weighted by atomic mass is 16.6. The molecule has 3 unspecified atom stereocenters. The van der Waals surface area contributed by atoms with E-state index < -0.39 is 36.2 Å². The van der Waals surface area contributed by atoms with Gasteiger partial charge in [0.15, 0.2) is 11.6 Å². The highest BCUT2D eigenvalue weighted by molar-refractivity contribution is 6.07. The number of benzene rings is 2. The molecule has 0 aliphatic rings. The van der Waals surface area contributed by atoms with Crippen molar-refractivity contribution >= 4 is 29.5 Å². The minimum atomic E-state index is -0.937. The predicted octanol–water partition coefficient (Wildman–Crippen LogP) is 2.39. The highest BCUT2D eigenvalue weighted by Crippen LogP contribution is 2.17. The lowest BCUT2D eigenvalue weighted by Gasteiger charge is -2.13. The highest BCUT2D eigenvalue weighted by Gasteiger charge is 2.23. The molecule has 0 saturated heterocycles. The van der Waals surface area contributed by atoms with E-state index in [0.29, 0.717) is 11.1 Å². The lowest BCUT2D eigenvalue weighted by atomic mass is 10.0. The van der Waals surface area contributed by atoms with E-state index in [1.165, 1.54) is 46.8 Å². The Bertz CT molecular complexity index is 1200. The summed E-state index contributed by atoms with van der Waals surface area (Å²) >= 11 is 0. The number of ketones is 2. The summed E-state index contributed by atoms with van der Waals surface area (Å²) in [6.45, 7) is 6.79. The third-order valence-corrected chi connectivity index (χ3v) is 4.73. The van der Waals surface area contributed by atoms with Crippen LogP contribution in [-0.2, 0) is 14.2 Å². The molecule has 2 aromatic rings. The third-order valence-electron chi connectivity index (χ3n) is 4.73. The van der Waals surface area contributed by atoms with E-state index in [4.69, 9.17) is 18.5 Å². The van der Waals surface area contributed by atoms with Crippen LogP contribution < -0.4 is 0 Å². The predicted molar refractivity (Wildman–Crippen MR) is 139 cm³/mol. The molecule has 0 radical (unpaired) electrons. The summed E-state index contributed by atoms with van der Waals surface area (Å²) in [6.07, 6.45) is -2.05. The standard InChI is InChI=1S/C18H24O9.C10H10O2/c1-10(19)7-25-16(22)13-4-5-14(17(23)26-8-11(2)20)15(6-13)18(24)27-9-12(3)21;1-7(11)9-5-3-4-6-10(9)8(2)12/h4-6,10-12,19-21H,7-9H2,1-3H3;3-6H,1-2H3/i19T,20T,21T;. The van der Waals surface area contributed by atoms with Gasteiger partial charge in [-0.05, 0) is 52.8 Å². The molecule has 0 aliphatic carbocycles. The summed E-state index contributed by atoms with van der Waals surface area (Å²) in [5.74, 6) is -2.76. The second-order valence-electron chi connectivity index (χ2n) is 8.65. The van der Waals surface area contributed by atoms with Crippen molar-refractivity contribution in [2.24, 2.45) is 0 Å². The van der Waals surface area contributed by atoms with Gasteiger partial charge in [-0.1, -0.05) is 24.3 Å². The van der Waals surface area contributed by atoms with Crippen LogP contribution in [0, 0.1) is 0 Å². The number of aliphatic hydroxyl groups is 3. The van der Waals surface area contributed by atoms with Crippen molar-refractivity contribution in [3.8, 4) is 0 Å². The zero-order valence-electron chi connectivity index (χ0n) is 25.4. The molecule has 0 fully saturated rings. The normalized spacial score (nSPS) is 13.6. The second-order valence-corrected chi connectivity index (χ2v) is 8.65. The van der Waals surface area contributed by atoms with Gasteiger partial charge in [0.1, 0.15) is 19.8 Å². The molecule has 39 heavy (non-hydrogen) atoms. The monoisotopic (exact) mass is 552 g/mol. The topological polar surface area (TPSA) is 174 Å². The molecular weight excluding hydrogens is 512 g/mol. The molecule has 0 aromatic heterocycles. The van der Waals surface area contributed by atoms with Gasteiger partial charge in [0, 0.05) is 11.1 Å². The molecule has 3 N–H and O–H groups in total. The van der Waals surface area contributed by atoms with E-state index in [1.54, 1.807) is 24.3 Å². The number of carbonyl (C=O) groups excluding carboxylic acids is 5. The summed E-state index contributed by atoms with van der Waals surface area (Å²) < 4.78 is 35.4. The maximum atomic E-state index is 12.5. The van der Waals surface area contributed by atoms with Crippen molar-refractivity contribution in [1.82, 2.24) is 0 Å². The molecule has 0 saturated carbocycles. The van der Waals surface area contributed by atoms with Gasteiger partial charge in [0.25, 0.3) is 0 Å². The largest absolute Gasteiger partial charge is 0.459 e. The SMILES string of the molecule is CC(=O)c1ccccc1C(C)=O.[3H]OC(C)COC(=O)c1ccc(C(=O)OCC(C)O[3H])c(C(=O)OCC(C)O[3H])c1. The lowest BCUT2D eigenvalue weighted by molar-refractivity contribution is 0.0255. The Kier molecular flexibility index (Phi) is 11.6. The van der Waals surface area contributed by atoms with Crippen LogP contribution in [0.2, 0.25) is 0 Å². The van der Waals surface area contributed by atoms with Crippen molar-refractivity contribution in [2.75, 3.05) is 19.8 Å². The summed E-state index contributed by atoms with van der Waals surface area (Å²) in [5.41, 5.74) is 0.547. The maximum Gasteiger partial charge on any atom is 0.339 e. The van der Waals surface area contributed by atoms with Crippen LogP contribution in [0.5, 0.6) is 0 Å². The fourth-order valence-electron chi connectivity index (χ4n) is 2.93. The van der Waals surface area contributed by atoms with E-state index >= 15 is 0 Å². The Morgan fingerprint density at radius 1 is 0.641 bits per heavy atom. The van der Waals surface area contributed by atoms with Gasteiger partial charge < -0.3 is 29.5 Å². The van der Waals surface area contributed by atoms with Gasteiger partial charge in [0.05, 0.1) is 35.0 Å². The number of aliphatic hydroxyl groups excluding tert-OH is 3. The number of carbonyl (C=O) groups is 5. The van der Waals surface area contributed by atoms with Gasteiger partial charge in [-0.2, -0.15) is 0 Å². The van der Waals surface area contributed by atoms with Crippen LogP contribution in [0.3, 0.4) is 0 Å². The molecule has 2 rings (SSSR count). The third kappa shape index (κ3) is 11.6. The van der Waals surface area contributed by atoms with E-state index in [-0.39, 0.29) is 48.1 Å². The number of hydrogen-bond donors (Lipinski definition) is 3. The molecule has 0 amide bonds. The Morgan fingerprint density at radius 2 is 1.05 bits per heavy atom. The molecule has 0 heterocycles. The van der Waals surface area contributed by atoms with Crippen LogP contribution in [-0.4, -0.2) is 87.2 Å². The van der Waals surface area contributed by atoms with Crippen molar-refractivity contribution in [1.29, 1.82) is 4.29 Å². The average Bonchev–Trinajstić information content (AvgIpc) is 3.00. The van der Waals surface area contributed by atoms with Gasteiger partial charge in [-0.3, -0.25) is 9.59 Å². The molecule has 2 aromatic carbocycles. The second kappa shape index (κ2) is 16.1. The molecular formula is C28H34O11. The number of Topliss-reactive ketones (excluding diaryl/α,β-unsaturated/α-hetero) is 2. The first kappa shape index (κ1) is 28.1. The molecule has 212 valence electrons. The fourth-order valence-corrected chi connectivity index (χ4v) is 2.93. The molecule has 0 bridgehead atoms. The zero-order valence-corrected chi connectivity index (χ0v) is 22.4. The Morgan fingerprint density at radius 3 is 1.46 bits per heavy atom. The smallest absolute Gasteiger partial charge is 0.339 e. The molecule has 3 atom stereocenters. The molecule has 0 spiro atoms. The molecule has 0 aliphatic heterocycles. The van der Waals surface area contributed by atoms with E-state index in [2.05, 4.69) is 15.3 Å². The van der Waals surface area contributed by atoms with Crippen LogP contribution >= 0.6 is 0 Å². The van der Waals surface area contributed by atoms with Gasteiger partial charge >= 0.3 is 17.9 Å². The van der Waals surface area contributed by atoms with E-state index in [0.717, 1.165) is 6.07 Å². The van der Waals surface area contributed by atoms with E-state index in [9.17, 15) is 24.0 Å². The Labute approximate surface area is 230 Å². The summed E-state index contributed by atoms with van der Waals surface area (Å²) in [6, 6.07) is 10.4. The Hall–Kier alpha value is -3.93. The lowest BCUT2D eigenvalue weighted by Crippen LogP contribution is -2.21. The number of ether oxygens (including phenoxy) is 3. The minimum absolute atomic E-state index is 0.0386. The van der Waals surface area contributed by atoms with Crippen molar-refractivity contribution < 1.29 is 53.5 Å². The first-order chi connectivity index (χ1) is 19.9. The summed E-state index contributed by atoms with van der Waals surface area (Å²) in [7, 11) is 0. The van der Waals surface area contributed by atoms with Crippen molar-refractivity contribution in [3.05, 3.63) is 70.3 Å². The van der Waals surface area contributed by atoms with Crippen LogP contribution in [0.1, 0.15) is 86.4 Å². The van der Waals surface area contributed by atoms with Crippen LogP contribution in [0.4, 0.5) is 0 Å². The quantitative estimate of drug-likeness (QED) is 0.178. The van der Waals surface area contributed by atoms with Gasteiger partial charge in [-0.15, -0.1) is 0 Å². The van der Waals surface area contributed by atoms with Gasteiger partial charge in [-0.25, -0.2) is 14.4 Å². The number of rotatable bonds is 14. The Balaban J connectivity index is 0.000000609. The summed E-state index contributed by atoms with van der Waals surface area (Å²) in [5, 5.41) is 12.8. The van der Waals surface area contributed by atoms with Crippen molar-refractivity contribution in [2.45, 2.75) is 52.9 Å². The number of esters is 3. The first-order valence-electron chi connectivity index (χ1n) is 13.2. The van der Waals surface area contributed by atoms with E-state index in [1.807, 2.05) is 0 Å². The van der Waals surface area contributed by atoms with Crippen LogP contribution in [0.15, 0.2) is 42.5 Å². The zero-order chi connectivity index (χ0) is 31.8. The summed E-state index contributed by atoms with van der Waals surface area (Å²) in [4.78, 5) is 59.1. The van der Waals surface area contributed by atoms with Gasteiger partial charge in [0.2, 0.25) is 4.29 Å². The van der Waals surface area contributed by atoms with Crippen LogP contribution in [0.25, 0.3) is 0 Å². The van der Waals surface area contributed by atoms with Crippen molar-refractivity contribution in [3.63, 3.8) is 0 Å². The first-order valence-corrected chi connectivity index (χ1v) is 12.0.